The molecular weight excluding hydrogens is 290 g/mol. The number of aromatic amines is 1. The molecule has 0 radical (unpaired) electrons. The molecule has 0 fully saturated rings. The molecule has 106 valence electrons. The third kappa shape index (κ3) is 2.52. The number of nitrogens with two attached hydrogens (primary N) is 1. The van der Waals surface area contributed by atoms with Crippen LogP contribution in [0.3, 0.4) is 0 Å². The average Bonchev–Trinajstić information content (AvgIpc) is 2.79. The fourth-order valence-electron chi connectivity index (χ4n) is 2.05. The first-order chi connectivity index (χ1) is 10.0. The van der Waals surface area contributed by atoms with Crippen LogP contribution in [0.15, 0.2) is 40.4 Å². The number of nitrogens with one attached hydrogen (secondary N) is 1. The predicted molar refractivity (Wildman–Crippen MR) is 80.3 cm³/mol. The molecule has 0 unspecified atom stereocenters. The summed E-state index contributed by atoms with van der Waals surface area (Å²) < 4.78 is 0. The van der Waals surface area contributed by atoms with E-state index in [4.69, 9.17) is 5.73 Å². The van der Waals surface area contributed by atoms with Gasteiger partial charge in [-0.05, 0) is 30.8 Å². The number of para-hydroxylation sites is 1. The number of nitrogen functional groups attached to an aromatic ring is 1. The summed E-state index contributed by atoms with van der Waals surface area (Å²) in [5.41, 5.74) is 6.69. The summed E-state index contributed by atoms with van der Waals surface area (Å²) in [5, 5.41) is 13.2. The van der Waals surface area contributed by atoms with Gasteiger partial charge in [-0.2, -0.15) is 4.98 Å². The Morgan fingerprint density at radius 2 is 2.10 bits per heavy atom. The van der Waals surface area contributed by atoms with E-state index in [1.165, 1.54) is 11.8 Å². The summed E-state index contributed by atoms with van der Waals surface area (Å²) in [7, 11) is 0. The van der Waals surface area contributed by atoms with Gasteiger partial charge in [0.1, 0.15) is 5.69 Å². The Hall–Kier alpha value is -2.61. The minimum Gasteiger partial charge on any atom is -0.368 e. The molecule has 0 aliphatic carbocycles. The number of nitrogens with zero attached hydrogens (tertiary/aromatic N) is 3. The SMILES string of the molecule is Cc1nc(N)nc(Sc2cc3ccccc3[nH]2)c1[N+](=O)[O-]. The molecule has 1 aromatic carbocycles. The highest BCUT2D eigenvalue weighted by Gasteiger charge is 2.22. The predicted octanol–water partition coefficient (Wildman–Crippen LogP) is 2.91. The van der Waals surface area contributed by atoms with Gasteiger partial charge in [0.2, 0.25) is 5.95 Å². The second kappa shape index (κ2) is 5.06. The van der Waals surface area contributed by atoms with E-state index in [-0.39, 0.29) is 22.4 Å². The molecule has 8 heteroatoms. The highest BCUT2D eigenvalue weighted by atomic mass is 32.2. The molecule has 2 aromatic heterocycles. The van der Waals surface area contributed by atoms with Crippen molar-refractivity contribution < 1.29 is 4.92 Å². The second-order valence-corrected chi connectivity index (χ2v) is 5.43. The second-order valence-electron chi connectivity index (χ2n) is 4.40. The van der Waals surface area contributed by atoms with Crippen LogP contribution in [0.2, 0.25) is 0 Å². The van der Waals surface area contributed by atoms with Crippen molar-refractivity contribution in [2.45, 2.75) is 17.0 Å². The number of hydrogen-bond acceptors (Lipinski definition) is 6. The van der Waals surface area contributed by atoms with E-state index in [9.17, 15) is 10.1 Å². The molecular formula is C13H11N5O2S. The molecule has 0 saturated carbocycles. The largest absolute Gasteiger partial charge is 0.368 e. The zero-order valence-corrected chi connectivity index (χ0v) is 11.8. The van der Waals surface area contributed by atoms with E-state index in [1.54, 1.807) is 6.92 Å². The van der Waals surface area contributed by atoms with E-state index in [0.29, 0.717) is 0 Å². The van der Waals surface area contributed by atoms with Gasteiger partial charge in [-0.1, -0.05) is 18.2 Å². The van der Waals surface area contributed by atoms with E-state index < -0.39 is 4.92 Å². The maximum Gasteiger partial charge on any atom is 0.322 e. The monoisotopic (exact) mass is 301 g/mol. The summed E-state index contributed by atoms with van der Waals surface area (Å²) in [5.74, 6) is 0.0247. The molecule has 0 atom stereocenters. The van der Waals surface area contributed by atoms with E-state index in [2.05, 4.69) is 15.0 Å². The molecule has 2 heterocycles. The third-order valence-corrected chi connectivity index (χ3v) is 3.86. The lowest BCUT2D eigenvalue weighted by atomic mass is 10.3. The van der Waals surface area contributed by atoms with E-state index in [1.807, 2.05) is 30.3 Å². The molecule has 21 heavy (non-hydrogen) atoms. The molecule has 0 saturated heterocycles. The Kier molecular flexibility index (Phi) is 3.22. The number of aromatic nitrogens is 3. The van der Waals surface area contributed by atoms with Crippen molar-refractivity contribution in [2.75, 3.05) is 5.73 Å². The van der Waals surface area contributed by atoms with Crippen LogP contribution in [0, 0.1) is 17.0 Å². The molecule has 3 N–H and O–H groups in total. The van der Waals surface area contributed by atoms with Crippen molar-refractivity contribution in [2.24, 2.45) is 0 Å². The molecule has 3 aromatic rings. The van der Waals surface area contributed by atoms with Gasteiger partial charge in [-0.3, -0.25) is 10.1 Å². The summed E-state index contributed by atoms with van der Waals surface area (Å²) in [4.78, 5) is 21.7. The van der Waals surface area contributed by atoms with Gasteiger partial charge >= 0.3 is 5.69 Å². The molecule has 0 amide bonds. The maximum absolute atomic E-state index is 11.2. The molecule has 0 aliphatic heterocycles. The number of nitro groups is 1. The minimum atomic E-state index is -0.486. The number of fused-ring (bicyclic) bond motifs is 1. The number of aryl methyl sites for hydroxylation is 1. The van der Waals surface area contributed by atoms with Crippen LogP contribution < -0.4 is 5.73 Å². The third-order valence-electron chi connectivity index (χ3n) is 2.94. The van der Waals surface area contributed by atoms with Crippen LogP contribution in [0.1, 0.15) is 5.69 Å². The van der Waals surface area contributed by atoms with Gasteiger partial charge in [0.15, 0.2) is 5.03 Å². The van der Waals surface area contributed by atoms with Gasteiger partial charge in [0, 0.05) is 10.9 Å². The minimum absolute atomic E-state index is 0.0247. The Bertz CT molecular complexity index is 813. The zero-order chi connectivity index (χ0) is 15.0. The first kappa shape index (κ1) is 13.4. The van der Waals surface area contributed by atoms with Gasteiger partial charge in [-0.25, -0.2) is 4.98 Å². The van der Waals surface area contributed by atoms with Gasteiger partial charge < -0.3 is 10.7 Å². The fourth-order valence-corrected chi connectivity index (χ4v) is 3.06. The molecule has 3 rings (SSSR count). The highest BCUT2D eigenvalue weighted by Crippen LogP contribution is 2.35. The Labute approximate surface area is 123 Å². The molecule has 0 bridgehead atoms. The van der Waals surface area contributed by atoms with Crippen LogP contribution in [0.5, 0.6) is 0 Å². The number of benzene rings is 1. The highest BCUT2D eigenvalue weighted by molar-refractivity contribution is 7.99. The summed E-state index contributed by atoms with van der Waals surface area (Å²) in [6, 6.07) is 9.66. The van der Waals surface area contributed by atoms with Crippen molar-refractivity contribution in [1.82, 2.24) is 15.0 Å². The first-order valence-corrected chi connectivity index (χ1v) is 6.90. The zero-order valence-electron chi connectivity index (χ0n) is 11.0. The van der Waals surface area contributed by atoms with Crippen molar-refractivity contribution in [1.29, 1.82) is 0 Å². The van der Waals surface area contributed by atoms with Crippen LogP contribution in [-0.4, -0.2) is 19.9 Å². The number of rotatable bonds is 3. The maximum atomic E-state index is 11.2. The number of anilines is 1. The van der Waals surface area contributed by atoms with Crippen molar-refractivity contribution in [3.63, 3.8) is 0 Å². The van der Waals surface area contributed by atoms with Crippen molar-refractivity contribution in [3.8, 4) is 0 Å². The Morgan fingerprint density at radius 1 is 1.33 bits per heavy atom. The Morgan fingerprint density at radius 3 is 2.81 bits per heavy atom. The van der Waals surface area contributed by atoms with Crippen LogP contribution >= 0.6 is 11.8 Å². The normalized spacial score (nSPS) is 10.9. The first-order valence-electron chi connectivity index (χ1n) is 6.08. The van der Waals surface area contributed by atoms with Crippen molar-refractivity contribution >= 4 is 34.3 Å². The quantitative estimate of drug-likeness (QED) is 0.437. The number of hydrogen-bond donors (Lipinski definition) is 2. The summed E-state index contributed by atoms with van der Waals surface area (Å²) >= 11 is 1.17. The van der Waals surface area contributed by atoms with Crippen LogP contribution in [0.25, 0.3) is 10.9 Å². The number of H-pyrrole nitrogens is 1. The van der Waals surface area contributed by atoms with E-state index >= 15 is 0 Å². The van der Waals surface area contributed by atoms with Crippen LogP contribution in [-0.2, 0) is 0 Å². The summed E-state index contributed by atoms with van der Waals surface area (Å²) in [6.07, 6.45) is 0. The van der Waals surface area contributed by atoms with Crippen molar-refractivity contribution in [3.05, 3.63) is 46.1 Å². The fraction of sp³-hybridized carbons (Fsp3) is 0.0769. The van der Waals surface area contributed by atoms with Gasteiger partial charge in [0.05, 0.1) is 9.95 Å². The lowest BCUT2D eigenvalue weighted by Gasteiger charge is -2.03. The van der Waals surface area contributed by atoms with Crippen LogP contribution in [0.4, 0.5) is 11.6 Å². The topological polar surface area (TPSA) is 111 Å². The molecule has 7 nitrogen and oxygen atoms in total. The van der Waals surface area contributed by atoms with E-state index in [0.717, 1.165) is 15.9 Å². The molecule has 0 aliphatic rings. The molecule has 0 spiro atoms. The summed E-state index contributed by atoms with van der Waals surface area (Å²) in [6.45, 7) is 1.55. The lowest BCUT2D eigenvalue weighted by molar-refractivity contribution is -0.389. The lowest BCUT2D eigenvalue weighted by Crippen LogP contribution is -2.04. The average molecular weight is 301 g/mol. The Balaban J connectivity index is 2.06. The van der Waals surface area contributed by atoms with Gasteiger partial charge in [0.25, 0.3) is 0 Å². The smallest absolute Gasteiger partial charge is 0.322 e. The standard InChI is InChI=1S/C13H11N5O2S/c1-7-11(18(19)20)12(17-13(14)15-7)21-10-6-8-4-2-3-5-9(8)16-10/h2-6,16H,1H3,(H2,14,15,17). The van der Waals surface area contributed by atoms with Gasteiger partial charge in [-0.15, -0.1) is 0 Å².